The minimum Gasteiger partial charge on any atom is -0.382 e. The third-order valence-electron chi connectivity index (χ3n) is 3.05. The topological polar surface area (TPSA) is 47.1 Å². The Bertz CT molecular complexity index is 310. The minimum atomic E-state index is 0.611. The summed E-state index contributed by atoms with van der Waals surface area (Å²) in [7, 11) is 4.09. The monoisotopic (exact) mass is 194 g/mol. The molecule has 1 aliphatic rings. The van der Waals surface area contributed by atoms with Gasteiger partial charge in [0.05, 0.1) is 0 Å². The summed E-state index contributed by atoms with van der Waals surface area (Å²) in [5.74, 6) is 1.32. The van der Waals surface area contributed by atoms with E-state index >= 15 is 0 Å². The van der Waals surface area contributed by atoms with Crippen LogP contribution in [0.25, 0.3) is 0 Å². The van der Waals surface area contributed by atoms with Gasteiger partial charge in [0.15, 0.2) is 0 Å². The molecule has 0 atom stereocenters. The highest BCUT2D eigenvalue weighted by Gasteiger charge is 2.21. The molecule has 0 unspecified atom stereocenters. The van der Waals surface area contributed by atoms with Crippen LogP contribution in [0.3, 0.4) is 0 Å². The van der Waals surface area contributed by atoms with Gasteiger partial charge in [-0.15, -0.1) is 0 Å². The van der Waals surface area contributed by atoms with E-state index in [0.29, 0.717) is 11.7 Å². The Labute approximate surface area is 84.7 Å². The molecule has 2 N–H and O–H groups in total. The van der Waals surface area contributed by atoms with Crippen molar-refractivity contribution in [3.8, 4) is 0 Å². The lowest BCUT2D eigenvalue weighted by Crippen LogP contribution is -2.29. The van der Waals surface area contributed by atoms with Crippen molar-refractivity contribution in [3.05, 3.63) is 11.8 Å². The molecule has 0 radical (unpaired) electrons. The summed E-state index contributed by atoms with van der Waals surface area (Å²) in [4.78, 5) is 2.36. The number of nitrogens with zero attached hydrogens (tertiary/aromatic N) is 3. The third-order valence-corrected chi connectivity index (χ3v) is 3.05. The minimum absolute atomic E-state index is 0.611. The number of nitrogens with two attached hydrogens (primary N) is 1. The number of anilines is 1. The van der Waals surface area contributed by atoms with Gasteiger partial charge >= 0.3 is 0 Å². The summed E-state index contributed by atoms with van der Waals surface area (Å²) in [6, 6.07) is 0. The van der Waals surface area contributed by atoms with Crippen LogP contribution < -0.4 is 5.73 Å². The lowest BCUT2D eigenvalue weighted by Gasteiger charge is -2.28. The number of likely N-dealkylation sites (tertiary alicyclic amines) is 1. The van der Waals surface area contributed by atoms with Gasteiger partial charge in [-0.1, -0.05) is 0 Å². The first-order valence-electron chi connectivity index (χ1n) is 5.14. The van der Waals surface area contributed by atoms with Gasteiger partial charge in [0, 0.05) is 18.8 Å². The molecule has 4 nitrogen and oxygen atoms in total. The highest BCUT2D eigenvalue weighted by molar-refractivity contribution is 5.40. The van der Waals surface area contributed by atoms with Gasteiger partial charge in [-0.2, -0.15) is 5.10 Å². The summed E-state index contributed by atoms with van der Waals surface area (Å²) in [6.07, 6.45) is 4.46. The largest absolute Gasteiger partial charge is 0.382 e. The van der Waals surface area contributed by atoms with Crippen molar-refractivity contribution in [1.29, 1.82) is 0 Å². The first-order valence-corrected chi connectivity index (χ1v) is 5.14. The normalized spacial score (nSPS) is 20.1. The molecular weight excluding hydrogens is 176 g/mol. The van der Waals surface area contributed by atoms with E-state index in [4.69, 9.17) is 5.73 Å². The molecule has 2 heterocycles. The predicted octanol–water partition coefficient (Wildman–Crippen LogP) is 0.812. The molecule has 0 bridgehead atoms. The number of hydrogen-bond donors (Lipinski definition) is 1. The standard InChI is InChI=1S/C10H18N4/c1-13-5-3-8(4-6-13)9-7-14(2)12-10(9)11/h7-8H,3-6H2,1-2H3,(H2,11,12). The molecule has 0 spiro atoms. The summed E-state index contributed by atoms with van der Waals surface area (Å²) < 4.78 is 1.81. The fraction of sp³-hybridized carbons (Fsp3) is 0.700. The number of aromatic nitrogens is 2. The third kappa shape index (κ3) is 1.75. The Morgan fingerprint density at radius 2 is 2.00 bits per heavy atom. The maximum Gasteiger partial charge on any atom is 0.148 e. The van der Waals surface area contributed by atoms with Crippen molar-refractivity contribution in [3.63, 3.8) is 0 Å². The molecule has 1 fully saturated rings. The molecule has 4 heteroatoms. The molecule has 2 rings (SSSR count). The van der Waals surface area contributed by atoms with Crippen molar-refractivity contribution in [1.82, 2.24) is 14.7 Å². The van der Waals surface area contributed by atoms with E-state index in [1.807, 2.05) is 11.7 Å². The molecule has 1 aromatic rings. The van der Waals surface area contributed by atoms with Crippen LogP contribution in [0.5, 0.6) is 0 Å². The summed E-state index contributed by atoms with van der Waals surface area (Å²) in [5.41, 5.74) is 7.10. The van der Waals surface area contributed by atoms with Crippen LogP contribution >= 0.6 is 0 Å². The van der Waals surface area contributed by atoms with Crippen LogP contribution in [-0.2, 0) is 7.05 Å². The molecular formula is C10H18N4. The Hall–Kier alpha value is -1.03. The second-order valence-electron chi connectivity index (χ2n) is 4.22. The van der Waals surface area contributed by atoms with Crippen molar-refractivity contribution in [2.45, 2.75) is 18.8 Å². The van der Waals surface area contributed by atoms with Crippen LogP contribution in [0.2, 0.25) is 0 Å². The van der Waals surface area contributed by atoms with Gasteiger partial charge in [-0.3, -0.25) is 4.68 Å². The fourth-order valence-electron chi connectivity index (χ4n) is 2.16. The van der Waals surface area contributed by atoms with Gasteiger partial charge in [0.25, 0.3) is 0 Å². The highest BCUT2D eigenvalue weighted by Crippen LogP contribution is 2.30. The van der Waals surface area contributed by atoms with E-state index in [-0.39, 0.29) is 0 Å². The Morgan fingerprint density at radius 1 is 1.36 bits per heavy atom. The number of aryl methyl sites for hydroxylation is 1. The Kier molecular flexibility index (Phi) is 2.46. The fourth-order valence-corrected chi connectivity index (χ4v) is 2.16. The van der Waals surface area contributed by atoms with Crippen LogP contribution in [0, 0.1) is 0 Å². The van der Waals surface area contributed by atoms with Crippen molar-refractivity contribution < 1.29 is 0 Å². The van der Waals surface area contributed by atoms with E-state index in [1.54, 1.807) is 0 Å². The average Bonchev–Trinajstić information content (AvgIpc) is 2.47. The maximum absolute atomic E-state index is 5.86. The van der Waals surface area contributed by atoms with Gasteiger partial charge in [-0.25, -0.2) is 0 Å². The second kappa shape index (κ2) is 3.61. The smallest absolute Gasteiger partial charge is 0.148 e. The van der Waals surface area contributed by atoms with E-state index in [9.17, 15) is 0 Å². The van der Waals surface area contributed by atoms with Gasteiger partial charge in [-0.05, 0) is 38.9 Å². The lowest BCUT2D eigenvalue weighted by molar-refractivity contribution is 0.255. The number of piperidine rings is 1. The van der Waals surface area contributed by atoms with Crippen molar-refractivity contribution in [2.24, 2.45) is 7.05 Å². The number of nitrogen functional groups attached to an aromatic ring is 1. The quantitative estimate of drug-likeness (QED) is 0.719. The molecule has 1 saturated heterocycles. The van der Waals surface area contributed by atoms with Crippen LogP contribution in [0.1, 0.15) is 24.3 Å². The van der Waals surface area contributed by atoms with Crippen molar-refractivity contribution in [2.75, 3.05) is 25.9 Å². The van der Waals surface area contributed by atoms with Crippen molar-refractivity contribution >= 4 is 5.82 Å². The van der Waals surface area contributed by atoms with Crippen LogP contribution in [-0.4, -0.2) is 34.8 Å². The average molecular weight is 194 g/mol. The molecule has 14 heavy (non-hydrogen) atoms. The van der Waals surface area contributed by atoms with Gasteiger partial charge in [0.2, 0.25) is 0 Å². The van der Waals surface area contributed by atoms with Gasteiger partial charge < -0.3 is 10.6 Å². The van der Waals surface area contributed by atoms with E-state index in [1.165, 1.54) is 31.5 Å². The summed E-state index contributed by atoms with van der Waals surface area (Å²) >= 11 is 0. The first kappa shape index (κ1) is 9.52. The Morgan fingerprint density at radius 3 is 2.50 bits per heavy atom. The molecule has 1 aromatic heterocycles. The van der Waals surface area contributed by atoms with Gasteiger partial charge in [0.1, 0.15) is 5.82 Å². The molecule has 0 aliphatic carbocycles. The zero-order valence-corrected chi connectivity index (χ0v) is 8.90. The second-order valence-corrected chi connectivity index (χ2v) is 4.22. The first-order chi connectivity index (χ1) is 6.66. The molecule has 0 aromatic carbocycles. The molecule has 0 saturated carbocycles. The zero-order chi connectivity index (χ0) is 10.1. The SMILES string of the molecule is CN1CCC(c2cn(C)nc2N)CC1. The molecule has 78 valence electrons. The summed E-state index contributed by atoms with van der Waals surface area (Å²) in [5, 5.41) is 4.19. The van der Waals surface area contributed by atoms with E-state index in [2.05, 4.69) is 23.2 Å². The summed E-state index contributed by atoms with van der Waals surface area (Å²) in [6.45, 7) is 2.33. The van der Waals surface area contributed by atoms with E-state index in [0.717, 1.165) is 0 Å². The van der Waals surface area contributed by atoms with E-state index < -0.39 is 0 Å². The lowest BCUT2D eigenvalue weighted by atomic mass is 9.91. The number of rotatable bonds is 1. The van der Waals surface area contributed by atoms with Crippen LogP contribution in [0.4, 0.5) is 5.82 Å². The van der Waals surface area contributed by atoms with Crippen LogP contribution in [0.15, 0.2) is 6.20 Å². The molecule has 0 amide bonds. The molecule has 1 aliphatic heterocycles. The maximum atomic E-state index is 5.86. The highest BCUT2D eigenvalue weighted by atomic mass is 15.3. The predicted molar refractivity (Wildman–Crippen MR) is 57.1 cm³/mol. The Balaban J connectivity index is 2.11. The zero-order valence-electron chi connectivity index (χ0n) is 8.90. The number of hydrogen-bond acceptors (Lipinski definition) is 3.